The number of guanidine groups is 1. The number of nitrogen functional groups attached to an aromatic ring is 1. The Hall–Kier alpha value is -2.65. The number of rotatable bonds is 7. The summed E-state index contributed by atoms with van der Waals surface area (Å²) in [5, 5.41) is 22.5. The van der Waals surface area contributed by atoms with Crippen LogP contribution >= 0.6 is 35.3 Å². The summed E-state index contributed by atoms with van der Waals surface area (Å²) in [5.74, 6) is 0.637. The summed E-state index contributed by atoms with van der Waals surface area (Å²) in [6.45, 7) is 1.38. The fraction of sp³-hybridized carbons (Fsp3) is 0.250. The second-order valence-electron chi connectivity index (χ2n) is 6.24. The summed E-state index contributed by atoms with van der Waals surface area (Å²) in [6, 6.07) is 12.0. The van der Waals surface area contributed by atoms with Crippen LogP contribution in [0, 0.1) is 17.1 Å². The molecule has 3 rings (SSSR count). The summed E-state index contributed by atoms with van der Waals surface area (Å²) in [4.78, 5) is 5.44. The predicted octanol–water partition coefficient (Wildman–Crippen LogP) is 3.44. The maximum atomic E-state index is 13.2. The van der Waals surface area contributed by atoms with E-state index in [1.807, 2.05) is 11.4 Å². The molecule has 0 aliphatic heterocycles. The van der Waals surface area contributed by atoms with Crippen LogP contribution < -0.4 is 16.4 Å². The highest BCUT2D eigenvalue weighted by Crippen LogP contribution is 2.21. The molecule has 7 nitrogen and oxygen atoms in total. The molecule has 0 radical (unpaired) electrons. The van der Waals surface area contributed by atoms with Crippen LogP contribution in [0.4, 0.5) is 10.2 Å². The molecule has 10 heteroatoms. The first kappa shape index (κ1) is 23.6. The number of nitriles is 1. The van der Waals surface area contributed by atoms with Crippen molar-refractivity contribution >= 4 is 47.1 Å². The van der Waals surface area contributed by atoms with Gasteiger partial charge in [0.2, 0.25) is 0 Å². The Morgan fingerprint density at radius 2 is 2.07 bits per heavy atom. The van der Waals surface area contributed by atoms with Crippen molar-refractivity contribution in [1.29, 1.82) is 5.26 Å². The van der Waals surface area contributed by atoms with Crippen LogP contribution in [0.15, 0.2) is 46.8 Å². The molecule has 158 valence electrons. The van der Waals surface area contributed by atoms with Gasteiger partial charge in [0.1, 0.15) is 23.3 Å². The Balaban J connectivity index is 0.00000320. The number of aliphatic imine (C=N–C) groups is 1. The number of nitrogens with zero attached hydrogens (tertiary/aromatic N) is 4. The molecule has 0 atom stereocenters. The largest absolute Gasteiger partial charge is 0.382 e. The molecule has 0 fully saturated rings. The minimum atomic E-state index is -0.340. The van der Waals surface area contributed by atoms with Crippen LogP contribution in [0.5, 0.6) is 0 Å². The molecule has 2 aromatic heterocycles. The topological polar surface area (TPSA) is 104 Å². The molecule has 0 saturated heterocycles. The number of anilines is 1. The maximum Gasteiger partial charge on any atom is 0.191 e. The first-order valence-corrected chi connectivity index (χ1v) is 10.0. The second kappa shape index (κ2) is 11.5. The number of hydrogen-bond acceptors (Lipinski definition) is 5. The fourth-order valence-electron chi connectivity index (χ4n) is 2.82. The Morgan fingerprint density at radius 1 is 1.30 bits per heavy atom. The summed E-state index contributed by atoms with van der Waals surface area (Å²) in [7, 11) is 1.72. The van der Waals surface area contributed by atoms with Crippen molar-refractivity contribution in [3.05, 3.63) is 63.7 Å². The van der Waals surface area contributed by atoms with E-state index in [0.29, 0.717) is 36.5 Å². The lowest BCUT2D eigenvalue weighted by molar-refractivity contribution is 0.627. The molecular weight excluding hydrogens is 516 g/mol. The van der Waals surface area contributed by atoms with E-state index in [9.17, 15) is 9.65 Å². The van der Waals surface area contributed by atoms with Gasteiger partial charge < -0.3 is 16.4 Å². The first-order valence-electron chi connectivity index (χ1n) is 9.12. The zero-order valence-electron chi connectivity index (χ0n) is 16.4. The molecule has 0 aliphatic rings. The quantitative estimate of drug-likeness (QED) is 0.185. The van der Waals surface area contributed by atoms with Crippen molar-refractivity contribution in [1.82, 2.24) is 20.4 Å². The number of thiophene rings is 1. The highest BCUT2D eigenvalue weighted by Gasteiger charge is 2.16. The Labute approximate surface area is 195 Å². The van der Waals surface area contributed by atoms with Gasteiger partial charge in [0, 0.05) is 18.5 Å². The number of nitrogens with two attached hydrogens (primary N) is 1. The molecule has 3 aromatic rings. The smallest absolute Gasteiger partial charge is 0.191 e. The molecule has 2 heterocycles. The fourth-order valence-corrected chi connectivity index (χ4v) is 3.47. The lowest BCUT2D eigenvalue weighted by Crippen LogP contribution is -2.37. The van der Waals surface area contributed by atoms with Crippen molar-refractivity contribution in [3.8, 4) is 11.8 Å². The van der Waals surface area contributed by atoms with Gasteiger partial charge in [-0.15, -0.1) is 35.3 Å². The van der Waals surface area contributed by atoms with E-state index in [1.165, 1.54) is 21.7 Å². The minimum absolute atomic E-state index is 0. The summed E-state index contributed by atoms with van der Waals surface area (Å²) in [6.07, 6.45) is 1.32. The molecular formula is C20H23FIN7S. The number of benzene rings is 1. The van der Waals surface area contributed by atoms with Gasteiger partial charge in [0.05, 0.1) is 17.9 Å². The van der Waals surface area contributed by atoms with Crippen LogP contribution in [0.1, 0.15) is 22.6 Å². The number of halogens is 2. The van der Waals surface area contributed by atoms with E-state index in [1.54, 1.807) is 30.5 Å². The predicted molar refractivity (Wildman–Crippen MR) is 129 cm³/mol. The van der Waals surface area contributed by atoms with Gasteiger partial charge in [0.25, 0.3) is 0 Å². The number of nitrogens with one attached hydrogen (secondary N) is 2. The molecule has 0 saturated carbocycles. The highest BCUT2D eigenvalue weighted by atomic mass is 127. The Kier molecular flexibility index (Phi) is 9.07. The van der Waals surface area contributed by atoms with E-state index in [-0.39, 0.29) is 35.6 Å². The van der Waals surface area contributed by atoms with Crippen molar-refractivity contribution < 1.29 is 4.39 Å². The zero-order valence-corrected chi connectivity index (χ0v) is 19.6. The third kappa shape index (κ3) is 5.93. The van der Waals surface area contributed by atoms with Crippen LogP contribution in [0.3, 0.4) is 0 Å². The third-order valence-corrected chi connectivity index (χ3v) is 5.17. The standard InChI is InChI=1S/C20H22FN7S.HI/c1-24-20(26-13-16-4-3-11-29-16)25-10-2-5-18-17(12-22)19(23)28(27-18)15-8-6-14(21)7-9-15;/h3-4,6-9,11H,2,5,10,13,23H2,1H3,(H2,24,25,26);1H. The summed E-state index contributed by atoms with van der Waals surface area (Å²) < 4.78 is 14.6. The third-order valence-electron chi connectivity index (χ3n) is 4.29. The normalized spacial score (nSPS) is 10.9. The van der Waals surface area contributed by atoms with E-state index in [4.69, 9.17) is 5.73 Å². The van der Waals surface area contributed by atoms with Crippen molar-refractivity contribution in [2.45, 2.75) is 19.4 Å². The van der Waals surface area contributed by atoms with Gasteiger partial charge in [-0.1, -0.05) is 6.07 Å². The Morgan fingerprint density at radius 3 is 2.70 bits per heavy atom. The second-order valence-corrected chi connectivity index (χ2v) is 7.27. The lowest BCUT2D eigenvalue weighted by atomic mass is 10.1. The van der Waals surface area contributed by atoms with Crippen LogP contribution in [-0.2, 0) is 13.0 Å². The molecule has 0 bridgehead atoms. The molecule has 1 aromatic carbocycles. The Bertz CT molecular complexity index is 1010. The number of aryl methyl sites for hydroxylation is 1. The molecule has 4 N–H and O–H groups in total. The molecule has 0 spiro atoms. The monoisotopic (exact) mass is 539 g/mol. The summed E-state index contributed by atoms with van der Waals surface area (Å²) >= 11 is 1.69. The first-order chi connectivity index (χ1) is 14.1. The average Bonchev–Trinajstić information content (AvgIpc) is 3.36. The summed E-state index contributed by atoms with van der Waals surface area (Å²) in [5.41, 5.74) is 7.68. The van der Waals surface area contributed by atoms with Crippen LogP contribution in [0.2, 0.25) is 0 Å². The molecule has 30 heavy (non-hydrogen) atoms. The maximum absolute atomic E-state index is 13.2. The molecule has 0 aliphatic carbocycles. The number of aromatic nitrogens is 2. The van der Waals surface area contributed by atoms with Crippen LogP contribution in [-0.4, -0.2) is 29.3 Å². The SMILES string of the molecule is CN=C(NCCCc1nn(-c2ccc(F)cc2)c(N)c1C#N)NCc1cccs1.I. The van der Waals surface area contributed by atoms with Crippen molar-refractivity contribution in [3.63, 3.8) is 0 Å². The van der Waals surface area contributed by atoms with E-state index in [0.717, 1.165) is 12.4 Å². The van der Waals surface area contributed by atoms with Crippen LogP contribution in [0.25, 0.3) is 5.69 Å². The zero-order chi connectivity index (χ0) is 20.6. The van der Waals surface area contributed by atoms with Gasteiger partial charge >= 0.3 is 0 Å². The number of hydrogen-bond donors (Lipinski definition) is 3. The van der Waals surface area contributed by atoms with Crippen molar-refractivity contribution in [2.24, 2.45) is 4.99 Å². The van der Waals surface area contributed by atoms with Gasteiger partial charge in [-0.2, -0.15) is 10.4 Å². The minimum Gasteiger partial charge on any atom is -0.382 e. The van der Waals surface area contributed by atoms with Crippen molar-refractivity contribution in [2.75, 3.05) is 19.3 Å². The van der Waals surface area contributed by atoms with Gasteiger partial charge in [-0.05, 0) is 48.6 Å². The van der Waals surface area contributed by atoms with E-state index >= 15 is 0 Å². The van der Waals surface area contributed by atoms with Gasteiger partial charge in [-0.25, -0.2) is 9.07 Å². The lowest BCUT2D eigenvalue weighted by Gasteiger charge is -2.10. The molecule has 0 amide bonds. The average molecular weight is 539 g/mol. The highest BCUT2D eigenvalue weighted by molar-refractivity contribution is 14.0. The van der Waals surface area contributed by atoms with E-state index in [2.05, 4.69) is 32.9 Å². The molecule has 0 unspecified atom stereocenters. The van der Waals surface area contributed by atoms with E-state index < -0.39 is 0 Å². The van der Waals surface area contributed by atoms with Gasteiger partial charge in [0.15, 0.2) is 5.96 Å². The van der Waals surface area contributed by atoms with Gasteiger partial charge in [-0.3, -0.25) is 4.99 Å².